The lowest BCUT2D eigenvalue weighted by atomic mass is 9.93. The molecule has 9 heteroatoms. The highest BCUT2D eigenvalue weighted by Gasteiger charge is 2.36. The number of rotatable bonds is 3. The second kappa shape index (κ2) is 12.6. The minimum Gasteiger partial charge on any atom is -0.344 e. The smallest absolute Gasteiger partial charge is 0.344 e. The van der Waals surface area contributed by atoms with Crippen LogP contribution in [0.1, 0.15) is 11.1 Å². The van der Waals surface area contributed by atoms with E-state index < -0.39 is 11.7 Å². The Morgan fingerprint density at radius 2 is 1.00 bits per heavy atom. The maximum atomic E-state index is 15.5. The monoisotopic (exact) mass is 808 g/mol. The fraction of sp³-hybridized carbons (Fsp3) is 0.0566. The molecule has 12 aromatic rings. The van der Waals surface area contributed by atoms with E-state index in [9.17, 15) is 5.26 Å². The number of aromatic nitrogens is 4. The average molecular weight is 809 g/mol. The highest BCUT2D eigenvalue weighted by atomic mass is 19.4. The summed E-state index contributed by atoms with van der Waals surface area (Å²) in [5.41, 5.74) is 6.99. The van der Waals surface area contributed by atoms with Crippen LogP contribution >= 0.6 is 0 Å². The van der Waals surface area contributed by atoms with Crippen LogP contribution in [-0.4, -0.2) is 18.3 Å². The molecule has 4 aromatic heterocycles. The molecule has 0 unspecified atom stereocenters. The number of fused-ring (bicyclic) bond motifs is 14. The van der Waals surface area contributed by atoms with Crippen molar-refractivity contribution in [2.75, 3.05) is 0 Å². The summed E-state index contributed by atoms with van der Waals surface area (Å²) in [4.78, 5) is 3.74. The zero-order valence-corrected chi connectivity index (χ0v) is 33.3. The van der Waals surface area contributed by atoms with E-state index in [0.29, 0.717) is 11.4 Å². The van der Waals surface area contributed by atoms with Crippen molar-refractivity contribution < 1.29 is 13.2 Å². The molecule has 0 radical (unpaired) electrons. The summed E-state index contributed by atoms with van der Waals surface area (Å²) in [5, 5.41) is 18.9. The predicted molar refractivity (Wildman–Crippen MR) is 245 cm³/mol. The zero-order chi connectivity index (χ0) is 42.2. The van der Waals surface area contributed by atoms with Gasteiger partial charge in [0, 0.05) is 73.8 Å². The number of aryl methyl sites for hydroxylation is 2. The minimum atomic E-state index is -4.81. The van der Waals surface area contributed by atoms with Gasteiger partial charge in [-0.1, -0.05) is 103 Å². The lowest BCUT2D eigenvalue weighted by molar-refractivity contribution is -0.137. The highest BCUT2D eigenvalue weighted by molar-refractivity contribution is 6.27. The Morgan fingerprint density at radius 1 is 0.516 bits per heavy atom. The van der Waals surface area contributed by atoms with Crippen molar-refractivity contribution in [3.05, 3.63) is 174 Å². The molecule has 0 saturated carbocycles. The highest BCUT2D eigenvalue weighted by Crippen LogP contribution is 2.49. The van der Waals surface area contributed by atoms with E-state index in [2.05, 4.69) is 68.6 Å². The van der Waals surface area contributed by atoms with Gasteiger partial charge in [0.2, 0.25) is 0 Å². The Kier molecular flexibility index (Phi) is 7.26. The summed E-state index contributed by atoms with van der Waals surface area (Å²) < 4.78 is 54.8. The van der Waals surface area contributed by atoms with Crippen molar-refractivity contribution in [3.63, 3.8) is 0 Å². The lowest BCUT2D eigenvalue weighted by Crippen LogP contribution is -2.10. The van der Waals surface area contributed by atoms with Gasteiger partial charge in [0.05, 0.1) is 62.2 Å². The first-order valence-corrected chi connectivity index (χ1v) is 20.1. The van der Waals surface area contributed by atoms with Crippen LogP contribution in [0.3, 0.4) is 0 Å². The third-order valence-corrected chi connectivity index (χ3v) is 12.9. The summed E-state index contributed by atoms with van der Waals surface area (Å²) in [5.74, 6) is 0. The quantitative estimate of drug-likeness (QED) is 0.164. The van der Waals surface area contributed by atoms with Gasteiger partial charge in [0.1, 0.15) is 6.07 Å². The molecule has 12 rings (SSSR count). The number of hydrogen-bond acceptors (Lipinski definition) is 1. The van der Waals surface area contributed by atoms with Crippen molar-refractivity contribution in [1.82, 2.24) is 18.3 Å². The van der Waals surface area contributed by atoms with Crippen LogP contribution in [0.4, 0.5) is 18.9 Å². The predicted octanol–water partition coefficient (Wildman–Crippen LogP) is 14.3. The van der Waals surface area contributed by atoms with Gasteiger partial charge >= 0.3 is 6.18 Å². The molecule has 0 aliphatic rings. The first-order valence-electron chi connectivity index (χ1n) is 20.1. The van der Waals surface area contributed by atoms with E-state index in [4.69, 9.17) is 6.57 Å². The van der Waals surface area contributed by atoms with E-state index in [1.165, 1.54) is 12.1 Å². The molecule has 0 aliphatic carbocycles. The molecule has 0 N–H and O–H groups in total. The molecule has 62 heavy (non-hydrogen) atoms. The van der Waals surface area contributed by atoms with Gasteiger partial charge in [-0.3, -0.25) is 0 Å². The second-order valence-electron chi connectivity index (χ2n) is 15.9. The third kappa shape index (κ3) is 4.62. The fourth-order valence-corrected chi connectivity index (χ4v) is 10.3. The van der Waals surface area contributed by atoms with E-state index in [-0.39, 0.29) is 22.4 Å². The molecular formula is C53H31F3N6. The number of halogens is 3. The van der Waals surface area contributed by atoms with Gasteiger partial charge in [-0.15, -0.1) is 0 Å². The van der Waals surface area contributed by atoms with E-state index >= 15 is 13.2 Å². The summed E-state index contributed by atoms with van der Waals surface area (Å²) in [6.45, 7) is 8.29. The topological polar surface area (TPSA) is 47.9 Å². The number of para-hydroxylation sites is 4. The zero-order valence-electron chi connectivity index (χ0n) is 33.3. The maximum Gasteiger partial charge on any atom is 0.415 e. The van der Waals surface area contributed by atoms with Crippen molar-refractivity contribution in [2.45, 2.75) is 6.18 Å². The molecule has 0 bridgehead atoms. The van der Waals surface area contributed by atoms with Crippen LogP contribution in [0.5, 0.6) is 0 Å². The standard InChI is InChI=1S/C53H31F3N6/c1-58-39-18-12-17-38(53(54,55)56)48(39)37-28-46(61-42-21-10-4-13-31(42)33-23-25-44-49(51(33)61)35-15-6-8-19-40(35)59(44)2)30(29-57)27-47(37)62-43-22-11-5-14-32(43)34-24-26-45-50(52(34)62)36-16-7-9-20-41(36)60(45)3/h4-28H,2-3H3. The molecule has 0 aliphatic heterocycles. The first kappa shape index (κ1) is 35.7. The largest absolute Gasteiger partial charge is 0.415 e. The molecule has 0 spiro atoms. The second-order valence-corrected chi connectivity index (χ2v) is 15.9. The van der Waals surface area contributed by atoms with E-state index in [0.717, 1.165) is 93.3 Å². The van der Waals surface area contributed by atoms with Crippen LogP contribution in [-0.2, 0) is 20.3 Å². The third-order valence-electron chi connectivity index (χ3n) is 12.9. The lowest BCUT2D eigenvalue weighted by Gasteiger charge is -2.22. The Bertz CT molecular complexity index is 4030. The summed E-state index contributed by atoms with van der Waals surface area (Å²) >= 11 is 0. The Labute approximate surface area is 351 Å². The first-order chi connectivity index (χ1) is 30.2. The van der Waals surface area contributed by atoms with Crippen molar-refractivity contribution >= 4 is 92.9 Å². The Hall–Kier alpha value is -8.27. The van der Waals surface area contributed by atoms with Crippen LogP contribution in [0.2, 0.25) is 0 Å². The molecule has 294 valence electrons. The number of benzene rings is 8. The Balaban J connectivity index is 1.33. The number of hydrogen-bond donors (Lipinski definition) is 0. The van der Waals surface area contributed by atoms with E-state index in [1.54, 1.807) is 12.1 Å². The molecule has 0 fully saturated rings. The normalized spacial score (nSPS) is 12.2. The molecular weight excluding hydrogens is 778 g/mol. The molecule has 0 amide bonds. The molecule has 4 heterocycles. The summed E-state index contributed by atoms with van der Waals surface area (Å²) in [6.07, 6.45) is -4.81. The summed E-state index contributed by atoms with van der Waals surface area (Å²) in [6, 6.07) is 50.1. The van der Waals surface area contributed by atoms with Crippen molar-refractivity contribution in [1.29, 1.82) is 5.26 Å². The SMILES string of the molecule is [C-]#[N+]c1cccc(C(F)(F)F)c1-c1cc(-n2c3ccccc3c3ccc4c(c5ccccc5n4C)c32)c(C#N)cc1-n1c2ccccc2c2ccc3c(c4ccccc4n3C)c21. The van der Waals surface area contributed by atoms with Gasteiger partial charge in [-0.05, 0) is 54.1 Å². The maximum absolute atomic E-state index is 15.5. The van der Waals surface area contributed by atoms with E-state index in [1.807, 2.05) is 96.0 Å². The van der Waals surface area contributed by atoms with Crippen molar-refractivity contribution in [3.8, 4) is 28.6 Å². The number of nitrogens with zero attached hydrogens (tertiary/aromatic N) is 6. The van der Waals surface area contributed by atoms with Crippen LogP contribution in [0.25, 0.3) is 115 Å². The van der Waals surface area contributed by atoms with Gasteiger partial charge < -0.3 is 18.3 Å². The number of alkyl halides is 3. The van der Waals surface area contributed by atoms with Gasteiger partial charge in [-0.25, -0.2) is 4.85 Å². The van der Waals surface area contributed by atoms with Gasteiger partial charge in [-0.2, -0.15) is 18.4 Å². The van der Waals surface area contributed by atoms with Crippen LogP contribution in [0, 0.1) is 17.9 Å². The Morgan fingerprint density at radius 3 is 1.50 bits per heavy atom. The minimum absolute atomic E-state index is 0.147. The van der Waals surface area contributed by atoms with Gasteiger partial charge in [0.25, 0.3) is 0 Å². The van der Waals surface area contributed by atoms with Crippen LogP contribution < -0.4 is 0 Å². The molecule has 0 atom stereocenters. The van der Waals surface area contributed by atoms with Crippen molar-refractivity contribution in [2.24, 2.45) is 14.1 Å². The average Bonchev–Trinajstić information content (AvgIpc) is 4.00. The van der Waals surface area contributed by atoms with Gasteiger partial charge in [0.15, 0.2) is 5.69 Å². The molecule has 0 saturated heterocycles. The molecule has 6 nitrogen and oxygen atoms in total. The fourth-order valence-electron chi connectivity index (χ4n) is 10.3. The van der Waals surface area contributed by atoms with Crippen LogP contribution in [0.15, 0.2) is 152 Å². The molecule has 8 aromatic carbocycles. The number of nitriles is 1. The summed E-state index contributed by atoms with van der Waals surface area (Å²) in [7, 11) is 4.04.